The van der Waals surface area contributed by atoms with E-state index in [1.165, 1.54) is 5.57 Å². The van der Waals surface area contributed by atoms with E-state index in [4.69, 9.17) is 0 Å². The van der Waals surface area contributed by atoms with Gasteiger partial charge in [0, 0.05) is 5.92 Å². The van der Waals surface area contributed by atoms with E-state index in [0.29, 0.717) is 5.92 Å². The predicted octanol–water partition coefficient (Wildman–Crippen LogP) is 2.42. The lowest BCUT2D eigenvalue weighted by molar-refractivity contribution is -0.109. The molecule has 0 aromatic rings. The van der Waals surface area contributed by atoms with Gasteiger partial charge in [-0.2, -0.15) is 0 Å². The van der Waals surface area contributed by atoms with Crippen LogP contribution in [0.1, 0.15) is 27.7 Å². The first-order valence-corrected chi connectivity index (χ1v) is 4.10. The topological polar surface area (TPSA) is 17.1 Å². The second kappa shape index (κ2) is 2.47. The van der Waals surface area contributed by atoms with Crippen molar-refractivity contribution in [2.45, 2.75) is 27.7 Å². The van der Waals surface area contributed by atoms with Crippen molar-refractivity contribution in [3.05, 3.63) is 11.6 Å². The van der Waals surface area contributed by atoms with Crippen LogP contribution < -0.4 is 0 Å². The third-order valence-electron chi connectivity index (χ3n) is 2.66. The largest absolute Gasteiger partial charge is 0.303 e. The molecule has 1 fully saturated rings. The van der Waals surface area contributed by atoms with Crippen LogP contribution in [0.25, 0.3) is 0 Å². The molecule has 0 saturated heterocycles. The summed E-state index contributed by atoms with van der Waals surface area (Å²) in [5.41, 5.74) is 1.53. The summed E-state index contributed by atoms with van der Waals surface area (Å²) in [6, 6.07) is 0. The molecule has 0 aromatic carbocycles. The van der Waals surface area contributed by atoms with Crippen molar-refractivity contribution >= 4 is 6.29 Å². The summed E-state index contributed by atoms with van der Waals surface area (Å²) in [5, 5.41) is 0. The molecule has 0 unspecified atom stereocenters. The molecule has 2 atom stereocenters. The third-order valence-corrected chi connectivity index (χ3v) is 2.66. The van der Waals surface area contributed by atoms with E-state index in [2.05, 4.69) is 33.8 Å². The summed E-state index contributed by atoms with van der Waals surface area (Å²) in [4.78, 5) is 10.5. The summed E-state index contributed by atoms with van der Waals surface area (Å²) in [7, 11) is 0. The summed E-state index contributed by atoms with van der Waals surface area (Å²) in [6.45, 7) is 8.46. The predicted molar refractivity (Wildman–Crippen MR) is 46.3 cm³/mol. The van der Waals surface area contributed by atoms with E-state index >= 15 is 0 Å². The minimum Gasteiger partial charge on any atom is -0.303 e. The van der Waals surface area contributed by atoms with Crippen LogP contribution >= 0.6 is 0 Å². The molecular weight excluding hydrogens is 136 g/mol. The summed E-state index contributed by atoms with van der Waals surface area (Å²) >= 11 is 0. The van der Waals surface area contributed by atoms with Crippen molar-refractivity contribution in [1.82, 2.24) is 0 Å². The van der Waals surface area contributed by atoms with Gasteiger partial charge in [0.25, 0.3) is 0 Å². The third kappa shape index (κ3) is 1.37. The van der Waals surface area contributed by atoms with Crippen molar-refractivity contribution in [2.75, 3.05) is 0 Å². The maximum absolute atomic E-state index is 10.5. The summed E-state index contributed by atoms with van der Waals surface area (Å²) in [5.74, 6) is 0.752. The van der Waals surface area contributed by atoms with Gasteiger partial charge in [-0.05, 0) is 25.2 Å². The van der Waals surface area contributed by atoms with Gasteiger partial charge in [0.05, 0.1) is 0 Å². The standard InChI is InChI=1S/C10H16O/c1-7(2)5-8-9(6-11)10(8,3)4/h5-6,8-9H,1-4H3/t8-,9-/m0/s1. The molecule has 0 aliphatic heterocycles. The molecule has 0 aromatic heterocycles. The molecule has 11 heavy (non-hydrogen) atoms. The molecule has 1 aliphatic rings. The zero-order valence-corrected chi connectivity index (χ0v) is 7.72. The van der Waals surface area contributed by atoms with E-state index in [0.717, 1.165) is 6.29 Å². The summed E-state index contributed by atoms with van der Waals surface area (Å²) in [6.07, 6.45) is 3.29. The van der Waals surface area contributed by atoms with Gasteiger partial charge >= 0.3 is 0 Å². The Balaban J connectivity index is 2.67. The number of hydrogen-bond donors (Lipinski definition) is 0. The monoisotopic (exact) mass is 152 g/mol. The number of aldehydes is 1. The lowest BCUT2D eigenvalue weighted by Crippen LogP contribution is -1.89. The van der Waals surface area contributed by atoms with Crippen LogP contribution in [0.2, 0.25) is 0 Å². The Morgan fingerprint density at radius 3 is 2.09 bits per heavy atom. The van der Waals surface area contributed by atoms with Gasteiger partial charge in [-0.15, -0.1) is 0 Å². The molecule has 1 rings (SSSR count). The fraction of sp³-hybridized carbons (Fsp3) is 0.700. The molecule has 0 N–H and O–H groups in total. The molecule has 1 nitrogen and oxygen atoms in total. The highest BCUT2D eigenvalue weighted by molar-refractivity contribution is 5.62. The van der Waals surface area contributed by atoms with Crippen LogP contribution in [0.5, 0.6) is 0 Å². The molecule has 0 heterocycles. The van der Waals surface area contributed by atoms with Crippen molar-refractivity contribution in [3.8, 4) is 0 Å². The zero-order valence-electron chi connectivity index (χ0n) is 7.72. The summed E-state index contributed by atoms with van der Waals surface area (Å²) < 4.78 is 0. The Hall–Kier alpha value is -0.590. The number of hydrogen-bond acceptors (Lipinski definition) is 1. The van der Waals surface area contributed by atoms with E-state index in [-0.39, 0.29) is 11.3 Å². The molecule has 0 radical (unpaired) electrons. The lowest BCUT2D eigenvalue weighted by Gasteiger charge is -1.96. The van der Waals surface area contributed by atoms with E-state index in [1.807, 2.05) is 0 Å². The average Bonchev–Trinajstić information content (AvgIpc) is 2.33. The lowest BCUT2D eigenvalue weighted by atomic mass is 10.1. The van der Waals surface area contributed by atoms with Gasteiger partial charge in [-0.1, -0.05) is 25.5 Å². The van der Waals surface area contributed by atoms with E-state index in [1.54, 1.807) is 0 Å². The number of carbonyl (C=O) groups is 1. The fourth-order valence-electron chi connectivity index (χ4n) is 1.66. The first kappa shape index (κ1) is 8.51. The van der Waals surface area contributed by atoms with Crippen LogP contribution in [-0.2, 0) is 4.79 Å². The highest BCUT2D eigenvalue weighted by Crippen LogP contribution is 2.57. The van der Waals surface area contributed by atoms with Gasteiger partial charge < -0.3 is 4.79 Å². The Kier molecular flexibility index (Phi) is 1.91. The van der Waals surface area contributed by atoms with Crippen molar-refractivity contribution in [1.29, 1.82) is 0 Å². The maximum Gasteiger partial charge on any atom is 0.124 e. The molecule has 62 valence electrons. The quantitative estimate of drug-likeness (QED) is 0.438. The first-order valence-electron chi connectivity index (χ1n) is 4.10. The van der Waals surface area contributed by atoms with E-state index < -0.39 is 0 Å². The average molecular weight is 152 g/mol. The Bertz CT molecular complexity index is 197. The van der Waals surface area contributed by atoms with Crippen LogP contribution in [0, 0.1) is 17.3 Å². The second-order valence-electron chi connectivity index (χ2n) is 4.25. The van der Waals surface area contributed by atoms with Gasteiger partial charge in [0.15, 0.2) is 0 Å². The normalized spacial score (nSPS) is 32.7. The maximum atomic E-state index is 10.5. The van der Waals surface area contributed by atoms with Crippen molar-refractivity contribution in [2.24, 2.45) is 17.3 Å². The van der Waals surface area contributed by atoms with Crippen LogP contribution in [0.15, 0.2) is 11.6 Å². The number of rotatable bonds is 2. The van der Waals surface area contributed by atoms with Gasteiger partial charge in [0.1, 0.15) is 6.29 Å². The zero-order chi connectivity index (χ0) is 8.65. The Morgan fingerprint density at radius 2 is 1.82 bits per heavy atom. The van der Waals surface area contributed by atoms with Crippen LogP contribution in [0.3, 0.4) is 0 Å². The first-order chi connectivity index (χ1) is 5.00. The van der Waals surface area contributed by atoms with Gasteiger partial charge in [0.2, 0.25) is 0 Å². The Labute approximate surface area is 68.5 Å². The molecule has 1 saturated carbocycles. The van der Waals surface area contributed by atoms with Crippen molar-refractivity contribution in [3.63, 3.8) is 0 Å². The highest BCUT2D eigenvalue weighted by Gasteiger charge is 2.56. The molecule has 0 bridgehead atoms. The SMILES string of the molecule is CC(C)=C[C@H]1[C@H](C=O)C1(C)C. The molecule has 0 amide bonds. The molecule has 0 spiro atoms. The van der Waals surface area contributed by atoms with Gasteiger partial charge in [-0.25, -0.2) is 0 Å². The molecular formula is C10H16O. The second-order valence-corrected chi connectivity index (χ2v) is 4.25. The van der Waals surface area contributed by atoms with Crippen LogP contribution in [0.4, 0.5) is 0 Å². The van der Waals surface area contributed by atoms with E-state index in [9.17, 15) is 4.79 Å². The van der Waals surface area contributed by atoms with Crippen molar-refractivity contribution < 1.29 is 4.79 Å². The minimum absolute atomic E-state index is 0.221. The highest BCUT2D eigenvalue weighted by atomic mass is 16.1. The molecule has 1 aliphatic carbocycles. The smallest absolute Gasteiger partial charge is 0.124 e. The van der Waals surface area contributed by atoms with Gasteiger partial charge in [-0.3, -0.25) is 0 Å². The fourth-order valence-corrected chi connectivity index (χ4v) is 1.66. The minimum atomic E-state index is 0.221. The van der Waals surface area contributed by atoms with Crippen LogP contribution in [-0.4, -0.2) is 6.29 Å². The number of allylic oxidation sites excluding steroid dienone is 2. The number of carbonyl (C=O) groups excluding carboxylic acids is 1. The molecule has 1 heteroatoms. The Morgan fingerprint density at radius 1 is 1.27 bits per heavy atom.